The van der Waals surface area contributed by atoms with Crippen LogP contribution in [0.4, 0.5) is 0 Å². The van der Waals surface area contributed by atoms with E-state index < -0.39 is 0 Å². The summed E-state index contributed by atoms with van der Waals surface area (Å²) >= 11 is 0. The molecule has 0 aromatic carbocycles. The van der Waals surface area contributed by atoms with Crippen molar-refractivity contribution in [2.75, 3.05) is 0 Å². The molecule has 10 heavy (non-hydrogen) atoms. The molecule has 0 rings (SSSR count). The normalized spacial score (nSPS) is 10.6. The van der Waals surface area contributed by atoms with E-state index in [9.17, 15) is 0 Å². The van der Waals surface area contributed by atoms with Gasteiger partial charge in [0, 0.05) is 0 Å². The van der Waals surface area contributed by atoms with Gasteiger partial charge in [0.25, 0.3) is 0 Å². The van der Waals surface area contributed by atoms with Crippen LogP contribution in [0.1, 0.15) is 39.5 Å². The molecule has 0 heterocycles. The van der Waals surface area contributed by atoms with Crippen LogP contribution in [0.15, 0.2) is 24.3 Å². The van der Waals surface area contributed by atoms with Gasteiger partial charge in [-0.15, -0.1) is 0 Å². The van der Waals surface area contributed by atoms with Crippen LogP contribution < -0.4 is 0 Å². The van der Waals surface area contributed by atoms with Crippen molar-refractivity contribution < 1.29 is 0 Å². The smallest absolute Gasteiger partial charge is 0.0348 e. The molecule has 0 atom stereocenters. The van der Waals surface area contributed by atoms with Crippen LogP contribution >= 0.6 is 0 Å². The molecule has 0 aliphatic heterocycles. The molecule has 0 unspecified atom stereocenters. The van der Waals surface area contributed by atoms with Gasteiger partial charge in [-0.3, -0.25) is 0 Å². The van der Waals surface area contributed by atoms with Gasteiger partial charge in [0.15, 0.2) is 0 Å². The summed E-state index contributed by atoms with van der Waals surface area (Å²) in [7, 11) is 0. The van der Waals surface area contributed by atoms with E-state index in [1.807, 2.05) is 6.92 Å². The van der Waals surface area contributed by atoms with Gasteiger partial charge in [-0.05, 0) is 19.8 Å². The third-order valence-corrected chi connectivity index (χ3v) is 1.38. The van der Waals surface area contributed by atoms with Gasteiger partial charge in [-0.25, -0.2) is 0 Å². The van der Waals surface area contributed by atoms with E-state index in [0.717, 1.165) is 5.57 Å². The van der Waals surface area contributed by atoms with Crippen LogP contribution in [0.2, 0.25) is 0 Å². The van der Waals surface area contributed by atoms with E-state index >= 15 is 0 Å². The lowest BCUT2D eigenvalue weighted by Gasteiger charge is -1.90. The Balaban J connectivity index is 3.10. The Labute approximate surface area is 64.6 Å². The van der Waals surface area contributed by atoms with E-state index in [2.05, 4.69) is 25.7 Å². The second-order valence-electron chi connectivity index (χ2n) is 2.74. The second kappa shape index (κ2) is 6.60. The van der Waals surface area contributed by atoms with E-state index in [1.165, 1.54) is 25.7 Å². The fourth-order valence-electron chi connectivity index (χ4n) is 0.797. The lowest BCUT2D eigenvalue weighted by Crippen LogP contribution is -1.70. The molecule has 0 aliphatic carbocycles. The monoisotopic (exact) mass is 138 g/mol. The van der Waals surface area contributed by atoms with E-state index in [0.29, 0.717) is 0 Å². The Kier molecular flexibility index (Phi) is 6.25. The number of hydrogen-bond acceptors (Lipinski definition) is 0. The predicted octanol–water partition coefficient (Wildman–Crippen LogP) is 3.70. The molecule has 0 nitrogen and oxygen atoms in total. The topological polar surface area (TPSA) is 0 Å². The lowest BCUT2D eigenvalue weighted by molar-refractivity contribution is 0.729. The molecule has 0 fully saturated rings. The summed E-state index contributed by atoms with van der Waals surface area (Å²) in [6.07, 6.45) is 9.48. The molecule has 0 saturated heterocycles. The average Bonchev–Trinajstić information content (AvgIpc) is 1.87. The molecule has 0 amide bonds. The maximum absolute atomic E-state index is 3.79. The van der Waals surface area contributed by atoms with Crippen LogP contribution in [0.25, 0.3) is 0 Å². The quantitative estimate of drug-likeness (QED) is 0.401. The van der Waals surface area contributed by atoms with Crippen molar-refractivity contribution in [1.29, 1.82) is 0 Å². The van der Waals surface area contributed by atoms with Gasteiger partial charge in [0.05, 0.1) is 0 Å². The molecule has 0 heteroatoms. The van der Waals surface area contributed by atoms with E-state index in [4.69, 9.17) is 0 Å². The van der Waals surface area contributed by atoms with Crippen LogP contribution in [0, 0.1) is 0 Å². The number of unbranched alkanes of at least 4 members (excludes halogenated alkanes) is 3. The van der Waals surface area contributed by atoms with Gasteiger partial charge in [0.1, 0.15) is 0 Å². The largest absolute Gasteiger partial charge is 0.0961 e. The maximum atomic E-state index is 3.79. The van der Waals surface area contributed by atoms with Gasteiger partial charge in [-0.1, -0.05) is 44.1 Å². The molecule has 0 N–H and O–H groups in total. The summed E-state index contributed by atoms with van der Waals surface area (Å²) in [6, 6.07) is 0. The highest BCUT2D eigenvalue weighted by molar-refractivity contribution is 5.10. The minimum Gasteiger partial charge on any atom is -0.0961 e. The van der Waals surface area contributed by atoms with Crippen molar-refractivity contribution in [3.8, 4) is 0 Å². The number of hydrogen-bond donors (Lipinski definition) is 0. The minimum atomic E-state index is 1.15. The van der Waals surface area contributed by atoms with Crippen LogP contribution in [-0.2, 0) is 0 Å². The molecule has 0 radical (unpaired) electrons. The van der Waals surface area contributed by atoms with Crippen LogP contribution in [0.3, 0.4) is 0 Å². The Hall–Kier alpha value is -0.520. The Morgan fingerprint density at radius 1 is 1.40 bits per heavy atom. The van der Waals surface area contributed by atoms with Crippen LogP contribution in [0.5, 0.6) is 0 Å². The SMILES string of the molecule is C=C(C)C=CCCCCC. The molecule has 0 aromatic rings. The van der Waals surface area contributed by atoms with Crippen molar-refractivity contribution in [1.82, 2.24) is 0 Å². The fraction of sp³-hybridized carbons (Fsp3) is 0.600. The summed E-state index contributed by atoms with van der Waals surface area (Å²) in [6.45, 7) is 8.03. The zero-order valence-corrected chi connectivity index (χ0v) is 7.19. The third-order valence-electron chi connectivity index (χ3n) is 1.38. The van der Waals surface area contributed by atoms with Crippen molar-refractivity contribution >= 4 is 0 Å². The Bertz CT molecular complexity index is 109. The molecule has 58 valence electrons. The highest BCUT2D eigenvalue weighted by atomic mass is 13.9. The maximum Gasteiger partial charge on any atom is -0.0348 e. The highest BCUT2D eigenvalue weighted by Crippen LogP contribution is 2.00. The molecular formula is C10H18. The molecule has 0 bridgehead atoms. The van der Waals surface area contributed by atoms with Crippen molar-refractivity contribution in [2.45, 2.75) is 39.5 Å². The van der Waals surface area contributed by atoms with Gasteiger partial charge in [-0.2, -0.15) is 0 Å². The standard InChI is InChI=1S/C10H18/c1-4-5-6-7-8-9-10(2)3/h8-9H,2,4-7H2,1,3H3. The number of rotatable bonds is 5. The molecule has 0 spiro atoms. The lowest BCUT2D eigenvalue weighted by atomic mass is 10.2. The Morgan fingerprint density at radius 2 is 2.10 bits per heavy atom. The van der Waals surface area contributed by atoms with E-state index in [-0.39, 0.29) is 0 Å². The zero-order valence-electron chi connectivity index (χ0n) is 7.19. The van der Waals surface area contributed by atoms with Gasteiger partial charge < -0.3 is 0 Å². The molecule has 0 saturated carbocycles. The zero-order chi connectivity index (χ0) is 7.82. The third kappa shape index (κ3) is 7.48. The molecule has 0 aromatic heterocycles. The average molecular weight is 138 g/mol. The summed E-state index contributed by atoms with van der Waals surface area (Å²) < 4.78 is 0. The predicted molar refractivity (Wildman–Crippen MR) is 48.1 cm³/mol. The van der Waals surface area contributed by atoms with E-state index in [1.54, 1.807) is 0 Å². The second-order valence-corrected chi connectivity index (χ2v) is 2.74. The summed E-state index contributed by atoms with van der Waals surface area (Å²) in [4.78, 5) is 0. The number of allylic oxidation sites excluding steroid dienone is 3. The van der Waals surface area contributed by atoms with Gasteiger partial charge in [0.2, 0.25) is 0 Å². The summed E-state index contributed by atoms with van der Waals surface area (Å²) in [5, 5.41) is 0. The summed E-state index contributed by atoms with van der Waals surface area (Å²) in [5.41, 5.74) is 1.15. The Morgan fingerprint density at radius 3 is 2.60 bits per heavy atom. The van der Waals surface area contributed by atoms with Crippen molar-refractivity contribution in [3.05, 3.63) is 24.3 Å². The van der Waals surface area contributed by atoms with Crippen LogP contribution in [-0.4, -0.2) is 0 Å². The highest BCUT2D eigenvalue weighted by Gasteiger charge is 1.80. The molecular weight excluding hydrogens is 120 g/mol. The fourth-order valence-corrected chi connectivity index (χ4v) is 0.797. The first-order chi connectivity index (χ1) is 4.77. The first-order valence-corrected chi connectivity index (χ1v) is 4.09. The first kappa shape index (κ1) is 9.48. The minimum absolute atomic E-state index is 1.15. The molecule has 0 aliphatic rings. The summed E-state index contributed by atoms with van der Waals surface area (Å²) in [5.74, 6) is 0. The van der Waals surface area contributed by atoms with Gasteiger partial charge >= 0.3 is 0 Å². The first-order valence-electron chi connectivity index (χ1n) is 4.09. The van der Waals surface area contributed by atoms with Crippen molar-refractivity contribution in [2.24, 2.45) is 0 Å². The van der Waals surface area contributed by atoms with Crippen molar-refractivity contribution in [3.63, 3.8) is 0 Å².